The highest BCUT2D eigenvalue weighted by Gasteiger charge is 2.22. The highest BCUT2D eigenvalue weighted by atomic mass is 15.1. The van der Waals surface area contributed by atoms with Gasteiger partial charge in [-0.15, -0.1) is 0 Å². The molecule has 0 spiro atoms. The van der Waals surface area contributed by atoms with Crippen molar-refractivity contribution >= 4 is 60.4 Å². The van der Waals surface area contributed by atoms with Gasteiger partial charge in [0.05, 0.1) is 22.4 Å². The van der Waals surface area contributed by atoms with Gasteiger partial charge >= 0.3 is 0 Å². The summed E-state index contributed by atoms with van der Waals surface area (Å²) >= 11 is 0. The van der Waals surface area contributed by atoms with Crippen molar-refractivity contribution in [3.05, 3.63) is 255 Å². The maximum Gasteiger partial charge on any atom is 0.0547 e. The molecule has 0 unspecified atom stereocenters. The smallest absolute Gasteiger partial charge is 0.0547 e. The summed E-state index contributed by atoms with van der Waals surface area (Å²) < 4.78 is 2.41. The summed E-state index contributed by atoms with van der Waals surface area (Å²) in [5.74, 6) is 0. The van der Waals surface area contributed by atoms with Gasteiger partial charge in [0, 0.05) is 33.3 Å². The topological polar surface area (TPSA) is 8.17 Å². The zero-order valence-electron chi connectivity index (χ0n) is 35.1. The largest absolute Gasteiger partial charge is 0.309 e. The van der Waals surface area contributed by atoms with Gasteiger partial charge in [-0.2, -0.15) is 0 Å². The van der Waals surface area contributed by atoms with Crippen molar-refractivity contribution in [3.8, 4) is 50.2 Å². The van der Waals surface area contributed by atoms with Gasteiger partial charge in [-0.3, -0.25) is 0 Å². The van der Waals surface area contributed by atoms with Crippen LogP contribution < -0.4 is 4.90 Å². The summed E-state index contributed by atoms with van der Waals surface area (Å²) in [7, 11) is 0. The molecule has 0 aliphatic rings. The van der Waals surface area contributed by atoms with Crippen molar-refractivity contribution in [2.75, 3.05) is 4.90 Å². The highest BCUT2D eigenvalue weighted by molar-refractivity contribution is 6.13. The van der Waals surface area contributed by atoms with Gasteiger partial charge in [-0.25, -0.2) is 0 Å². The fourth-order valence-corrected chi connectivity index (χ4v) is 9.70. The lowest BCUT2D eigenvalue weighted by Crippen LogP contribution is -2.12. The minimum atomic E-state index is 1.08. The first kappa shape index (κ1) is 37.3. The van der Waals surface area contributed by atoms with E-state index in [1.54, 1.807) is 0 Å². The van der Waals surface area contributed by atoms with Crippen molar-refractivity contribution in [2.45, 2.75) is 0 Å². The molecule has 0 saturated heterocycles. The van der Waals surface area contributed by atoms with E-state index >= 15 is 0 Å². The van der Waals surface area contributed by atoms with Crippen molar-refractivity contribution in [1.82, 2.24) is 4.57 Å². The molecule has 0 aliphatic heterocycles. The first-order valence-electron chi connectivity index (χ1n) is 22.0. The molecule has 0 amide bonds. The molecule has 12 aromatic rings. The van der Waals surface area contributed by atoms with Crippen molar-refractivity contribution in [3.63, 3.8) is 0 Å². The van der Waals surface area contributed by atoms with Crippen LogP contribution in [0.5, 0.6) is 0 Å². The van der Waals surface area contributed by atoms with E-state index in [1.165, 1.54) is 65.6 Å². The molecular formula is C62H42N2. The van der Waals surface area contributed by atoms with Crippen molar-refractivity contribution in [1.29, 1.82) is 0 Å². The molecule has 2 heteroatoms. The Kier molecular flexibility index (Phi) is 9.20. The molecule has 2 nitrogen and oxygen atoms in total. The lowest BCUT2D eigenvalue weighted by atomic mass is 9.93. The zero-order valence-corrected chi connectivity index (χ0v) is 35.1. The van der Waals surface area contributed by atoms with Crippen LogP contribution in [0.25, 0.3) is 93.5 Å². The molecule has 0 aliphatic carbocycles. The number of anilines is 3. The Bertz CT molecular complexity index is 3640. The number of hydrogen-bond donors (Lipinski definition) is 0. The van der Waals surface area contributed by atoms with Gasteiger partial charge in [-0.05, 0) is 116 Å². The molecule has 0 radical (unpaired) electrons. The molecule has 0 fully saturated rings. The van der Waals surface area contributed by atoms with Gasteiger partial charge in [0.2, 0.25) is 0 Å². The zero-order chi connectivity index (χ0) is 42.4. The van der Waals surface area contributed by atoms with Crippen LogP contribution in [0.15, 0.2) is 255 Å². The van der Waals surface area contributed by atoms with Crippen LogP contribution in [0.4, 0.5) is 17.1 Å². The number of nitrogens with zero attached hydrogens (tertiary/aromatic N) is 2. The summed E-state index contributed by atoms with van der Waals surface area (Å²) in [5, 5.41) is 7.49. The number of hydrogen-bond acceptors (Lipinski definition) is 1. The first-order chi connectivity index (χ1) is 31.7. The Balaban J connectivity index is 1.03. The summed E-state index contributed by atoms with van der Waals surface area (Å²) in [6.45, 7) is 0. The molecule has 0 atom stereocenters. The second-order valence-electron chi connectivity index (χ2n) is 16.5. The normalized spacial score (nSPS) is 11.4. The SMILES string of the molecule is c1ccc(-c2ccc(N(c3ccccc3-c3ccc(-n4c5ccccc5c5cc6ccccc6cc54)cc3)c3ccc(-c4cccc5ccccc45)cc3-c3ccccc3)cc2)cc1. The minimum absolute atomic E-state index is 1.08. The third kappa shape index (κ3) is 6.52. The molecular weight excluding hydrogens is 773 g/mol. The van der Waals surface area contributed by atoms with Gasteiger partial charge in [-0.1, -0.05) is 194 Å². The molecule has 12 rings (SSSR count). The van der Waals surface area contributed by atoms with E-state index in [9.17, 15) is 0 Å². The third-order valence-electron chi connectivity index (χ3n) is 12.8. The summed E-state index contributed by atoms with van der Waals surface area (Å²) in [6, 6.07) is 92.8. The molecule has 300 valence electrons. The van der Waals surface area contributed by atoms with E-state index < -0.39 is 0 Å². The number of benzene rings is 11. The van der Waals surface area contributed by atoms with E-state index in [4.69, 9.17) is 0 Å². The van der Waals surface area contributed by atoms with Crippen LogP contribution >= 0.6 is 0 Å². The Labute approximate surface area is 373 Å². The third-order valence-corrected chi connectivity index (χ3v) is 12.8. The maximum atomic E-state index is 2.45. The summed E-state index contributed by atoms with van der Waals surface area (Å²) in [4.78, 5) is 2.45. The molecule has 0 saturated carbocycles. The second-order valence-corrected chi connectivity index (χ2v) is 16.5. The monoisotopic (exact) mass is 814 g/mol. The predicted octanol–water partition coefficient (Wildman–Crippen LogP) is 17.2. The fourth-order valence-electron chi connectivity index (χ4n) is 9.70. The Hall–Kier alpha value is -8.46. The lowest BCUT2D eigenvalue weighted by molar-refractivity contribution is 1.18. The Morgan fingerprint density at radius 2 is 0.797 bits per heavy atom. The Morgan fingerprint density at radius 1 is 0.266 bits per heavy atom. The van der Waals surface area contributed by atoms with Crippen molar-refractivity contribution < 1.29 is 0 Å². The van der Waals surface area contributed by atoms with Crippen LogP contribution in [0.2, 0.25) is 0 Å². The Morgan fingerprint density at radius 3 is 1.58 bits per heavy atom. The molecule has 0 bridgehead atoms. The van der Waals surface area contributed by atoms with E-state index in [0.29, 0.717) is 0 Å². The molecule has 0 N–H and O–H groups in total. The molecule has 64 heavy (non-hydrogen) atoms. The number of para-hydroxylation sites is 2. The van der Waals surface area contributed by atoms with Crippen LogP contribution in [0, 0.1) is 0 Å². The standard InChI is InChI=1S/C62H42N2/c1-3-16-43(17-4-1)44-30-35-51(36-31-44)63(61-39-34-50(41-57(61)46-18-5-2-6-19-46)54-27-15-23-45-20-9-10-24-53(45)54)59-28-13-11-25-55(59)47-32-37-52(38-33-47)64-60-29-14-12-26-56(60)58-40-48-21-7-8-22-49(48)42-62(58)64/h1-42H. The van der Waals surface area contributed by atoms with E-state index in [-0.39, 0.29) is 0 Å². The van der Waals surface area contributed by atoms with E-state index in [0.717, 1.165) is 45.0 Å². The number of fused-ring (bicyclic) bond motifs is 5. The van der Waals surface area contributed by atoms with Gasteiger partial charge in [0.15, 0.2) is 0 Å². The fraction of sp³-hybridized carbons (Fsp3) is 0. The summed E-state index contributed by atoms with van der Waals surface area (Å²) in [6.07, 6.45) is 0. The number of rotatable bonds is 8. The molecule has 1 aromatic heterocycles. The van der Waals surface area contributed by atoms with Crippen molar-refractivity contribution in [2.24, 2.45) is 0 Å². The van der Waals surface area contributed by atoms with Crippen LogP contribution in [0.1, 0.15) is 0 Å². The van der Waals surface area contributed by atoms with Gasteiger partial charge in [0.25, 0.3) is 0 Å². The quantitative estimate of drug-likeness (QED) is 0.148. The minimum Gasteiger partial charge on any atom is -0.309 e. The van der Waals surface area contributed by atoms with E-state index in [1.807, 2.05) is 0 Å². The van der Waals surface area contributed by atoms with E-state index in [2.05, 4.69) is 264 Å². The number of aromatic nitrogens is 1. The second kappa shape index (κ2) is 15.8. The maximum absolute atomic E-state index is 2.45. The molecule has 11 aromatic carbocycles. The van der Waals surface area contributed by atoms with Crippen LogP contribution in [-0.2, 0) is 0 Å². The van der Waals surface area contributed by atoms with Crippen LogP contribution in [0.3, 0.4) is 0 Å². The van der Waals surface area contributed by atoms with Gasteiger partial charge in [0.1, 0.15) is 0 Å². The first-order valence-corrected chi connectivity index (χ1v) is 22.0. The molecule has 1 heterocycles. The summed E-state index contributed by atoms with van der Waals surface area (Å²) in [5.41, 5.74) is 16.2. The van der Waals surface area contributed by atoms with Gasteiger partial charge < -0.3 is 9.47 Å². The average molecular weight is 815 g/mol. The van der Waals surface area contributed by atoms with Crippen LogP contribution in [-0.4, -0.2) is 4.57 Å². The average Bonchev–Trinajstić information content (AvgIpc) is 3.69. The lowest BCUT2D eigenvalue weighted by Gasteiger charge is -2.30. The highest BCUT2D eigenvalue weighted by Crippen LogP contribution is 2.47. The predicted molar refractivity (Wildman–Crippen MR) is 272 cm³/mol.